The minimum Gasteiger partial charge on any atom is -0.384 e. The summed E-state index contributed by atoms with van der Waals surface area (Å²) in [5, 5.41) is 3.59. The molecule has 1 fully saturated rings. The molecule has 1 atom stereocenters. The molecule has 0 aromatic heterocycles. The van der Waals surface area contributed by atoms with E-state index in [0.29, 0.717) is 11.5 Å². The molecule has 0 saturated carbocycles. The van der Waals surface area contributed by atoms with Gasteiger partial charge in [0.15, 0.2) is 0 Å². The van der Waals surface area contributed by atoms with Gasteiger partial charge in [-0.25, -0.2) is 0 Å². The van der Waals surface area contributed by atoms with Gasteiger partial charge in [-0.1, -0.05) is 18.2 Å². The summed E-state index contributed by atoms with van der Waals surface area (Å²) in [6.07, 6.45) is 2.66. The smallest absolute Gasteiger partial charge is 0.0379 e. The highest BCUT2D eigenvalue weighted by molar-refractivity contribution is 5.85. The second kappa shape index (κ2) is 6.34. The number of nitrogens with one attached hydrogen (secondary N) is 1. The molecule has 1 aromatic carbocycles. The summed E-state index contributed by atoms with van der Waals surface area (Å²) in [4.78, 5) is 2.63. The summed E-state index contributed by atoms with van der Waals surface area (Å²) < 4.78 is 0. The number of rotatable bonds is 1. The molecule has 0 amide bonds. The number of benzene rings is 1. The molecule has 2 aliphatic heterocycles. The molecule has 1 unspecified atom stereocenters. The van der Waals surface area contributed by atoms with Crippen molar-refractivity contribution >= 4 is 30.5 Å². The Balaban J connectivity index is 0.000000902. The second-order valence-corrected chi connectivity index (χ2v) is 5.85. The van der Waals surface area contributed by atoms with Gasteiger partial charge in [-0.15, -0.1) is 24.8 Å². The molecule has 1 N–H and O–H groups in total. The van der Waals surface area contributed by atoms with Gasteiger partial charge < -0.3 is 5.32 Å². The molecule has 4 heteroatoms. The molecule has 108 valence electrons. The molecule has 0 bridgehead atoms. The molecular weight excluding hydrogens is 279 g/mol. The lowest BCUT2D eigenvalue weighted by atomic mass is 9.75. The summed E-state index contributed by atoms with van der Waals surface area (Å²) in [6, 6.07) is 9.52. The van der Waals surface area contributed by atoms with Gasteiger partial charge in [0.1, 0.15) is 0 Å². The van der Waals surface area contributed by atoms with Crippen LogP contribution in [0.1, 0.15) is 32.3 Å². The maximum atomic E-state index is 3.59. The first-order chi connectivity index (χ1) is 8.21. The Kier molecular flexibility index (Phi) is 5.54. The Bertz CT molecular complexity index is 418. The van der Waals surface area contributed by atoms with Crippen LogP contribution in [0, 0.1) is 0 Å². The zero-order valence-corrected chi connectivity index (χ0v) is 13.3. The first kappa shape index (κ1) is 16.6. The van der Waals surface area contributed by atoms with Crippen LogP contribution in [0.25, 0.3) is 0 Å². The van der Waals surface area contributed by atoms with E-state index in [1.165, 1.54) is 31.6 Å². The van der Waals surface area contributed by atoms with Crippen molar-refractivity contribution in [1.82, 2.24) is 4.90 Å². The molecule has 2 aliphatic rings. The van der Waals surface area contributed by atoms with E-state index >= 15 is 0 Å². The van der Waals surface area contributed by atoms with E-state index in [4.69, 9.17) is 0 Å². The highest BCUT2D eigenvalue weighted by Crippen LogP contribution is 2.42. The largest absolute Gasteiger partial charge is 0.384 e. The maximum Gasteiger partial charge on any atom is 0.0379 e. The monoisotopic (exact) mass is 302 g/mol. The molecule has 3 rings (SSSR count). The minimum atomic E-state index is 0. The number of piperidine rings is 1. The number of fused-ring (bicyclic) bond motifs is 2. The van der Waals surface area contributed by atoms with Crippen LogP contribution in [0.3, 0.4) is 0 Å². The third kappa shape index (κ3) is 2.86. The van der Waals surface area contributed by atoms with Crippen LogP contribution in [0.4, 0.5) is 5.69 Å². The van der Waals surface area contributed by atoms with Crippen LogP contribution < -0.4 is 5.32 Å². The fourth-order valence-corrected chi connectivity index (χ4v) is 3.43. The zero-order chi connectivity index (χ0) is 11.9. The normalized spacial score (nSPS) is 25.4. The Hall–Kier alpha value is -0.440. The number of anilines is 1. The van der Waals surface area contributed by atoms with Gasteiger partial charge in [-0.05, 0) is 44.9 Å². The average molecular weight is 303 g/mol. The highest BCUT2D eigenvalue weighted by atomic mass is 35.5. The number of para-hydroxylation sites is 1. The van der Waals surface area contributed by atoms with Gasteiger partial charge in [0.25, 0.3) is 0 Å². The highest BCUT2D eigenvalue weighted by Gasteiger charge is 2.42. The van der Waals surface area contributed by atoms with Crippen LogP contribution in [0.2, 0.25) is 0 Å². The molecule has 2 heterocycles. The predicted molar refractivity (Wildman–Crippen MR) is 87.0 cm³/mol. The number of halogens is 2. The van der Waals surface area contributed by atoms with E-state index in [1.807, 2.05) is 0 Å². The van der Waals surface area contributed by atoms with Gasteiger partial charge in [-0.2, -0.15) is 0 Å². The van der Waals surface area contributed by atoms with E-state index in [9.17, 15) is 0 Å². The molecule has 0 radical (unpaired) electrons. The van der Waals surface area contributed by atoms with Crippen LogP contribution in [0.15, 0.2) is 24.3 Å². The zero-order valence-electron chi connectivity index (χ0n) is 11.7. The van der Waals surface area contributed by atoms with Crippen LogP contribution in [0.5, 0.6) is 0 Å². The predicted octanol–water partition coefficient (Wildman–Crippen LogP) is 3.70. The Morgan fingerprint density at radius 2 is 1.95 bits per heavy atom. The van der Waals surface area contributed by atoms with E-state index in [0.717, 1.165) is 6.54 Å². The van der Waals surface area contributed by atoms with Crippen LogP contribution in [-0.2, 0) is 5.41 Å². The van der Waals surface area contributed by atoms with Crippen molar-refractivity contribution < 1.29 is 0 Å². The summed E-state index contributed by atoms with van der Waals surface area (Å²) in [5.41, 5.74) is 3.28. The van der Waals surface area contributed by atoms with Crippen molar-refractivity contribution in [3.63, 3.8) is 0 Å². The quantitative estimate of drug-likeness (QED) is 0.851. The number of nitrogens with zero attached hydrogens (tertiary/aromatic N) is 1. The first-order valence-electron chi connectivity index (χ1n) is 6.79. The summed E-state index contributed by atoms with van der Waals surface area (Å²) in [7, 11) is 0. The van der Waals surface area contributed by atoms with Gasteiger partial charge in [0.2, 0.25) is 0 Å². The second-order valence-electron chi connectivity index (χ2n) is 5.85. The summed E-state index contributed by atoms with van der Waals surface area (Å²) in [5.74, 6) is 0. The van der Waals surface area contributed by atoms with Crippen LogP contribution >= 0.6 is 24.8 Å². The van der Waals surface area contributed by atoms with E-state index in [1.54, 1.807) is 5.56 Å². The molecule has 1 spiro atoms. The summed E-state index contributed by atoms with van der Waals surface area (Å²) in [6.45, 7) is 8.23. The minimum absolute atomic E-state index is 0. The third-order valence-corrected chi connectivity index (χ3v) is 4.45. The van der Waals surface area contributed by atoms with Crippen molar-refractivity contribution in [3.8, 4) is 0 Å². The standard InChI is InChI=1S/C15H22N2.2ClH/c1-12(2)17-9-5-8-15(11-17)10-16-14-7-4-3-6-13(14)15;;/h3-4,6-7,12,16H,5,8-11H2,1-2H3;2*1H. The Morgan fingerprint density at radius 3 is 2.68 bits per heavy atom. The van der Waals surface area contributed by atoms with Crippen molar-refractivity contribution in [2.24, 2.45) is 0 Å². The van der Waals surface area contributed by atoms with Crippen molar-refractivity contribution in [2.75, 3.05) is 25.0 Å². The Labute approximate surface area is 128 Å². The van der Waals surface area contributed by atoms with E-state index in [-0.39, 0.29) is 24.8 Å². The topological polar surface area (TPSA) is 15.3 Å². The lowest BCUT2D eigenvalue weighted by molar-refractivity contribution is 0.125. The fourth-order valence-electron chi connectivity index (χ4n) is 3.43. The lowest BCUT2D eigenvalue weighted by Gasteiger charge is -2.42. The van der Waals surface area contributed by atoms with E-state index in [2.05, 4.69) is 48.3 Å². The van der Waals surface area contributed by atoms with E-state index < -0.39 is 0 Å². The molecule has 19 heavy (non-hydrogen) atoms. The number of likely N-dealkylation sites (tertiary alicyclic amines) is 1. The van der Waals surface area contributed by atoms with Crippen molar-refractivity contribution in [3.05, 3.63) is 29.8 Å². The van der Waals surface area contributed by atoms with Crippen LogP contribution in [-0.4, -0.2) is 30.6 Å². The first-order valence-corrected chi connectivity index (χ1v) is 6.79. The Morgan fingerprint density at radius 1 is 1.21 bits per heavy atom. The molecule has 0 aliphatic carbocycles. The molecule has 2 nitrogen and oxygen atoms in total. The average Bonchev–Trinajstić information content (AvgIpc) is 2.69. The molecule has 1 aromatic rings. The summed E-state index contributed by atoms with van der Waals surface area (Å²) >= 11 is 0. The number of hydrogen-bond donors (Lipinski definition) is 1. The third-order valence-electron chi connectivity index (χ3n) is 4.45. The van der Waals surface area contributed by atoms with Gasteiger partial charge in [0.05, 0.1) is 0 Å². The van der Waals surface area contributed by atoms with Gasteiger partial charge in [0, 0.05) is 30.2 Å². The van der Waals surface area contributed by atoms with Crippen molar-refractivity contribution in [2.45, 2.75) is 38.1 Å². The SMILES string of the molecule is CC(C)N1CCCC2(CNc3ccccc32)C1.Cl.Cl. The molecule has 1 saturated heterocycles. The van der Waals surface area contributed by atoms with Gasteiger partial charge >= 0.3 is 0 Å². The molecular formula is C15H24Cl2N2. The lowest BCUT2D eigenvalue weighted by Crippen LogP contribution is -2.49. The fraction of sp³-hybridized carbons (Fsp3) is 0.600. The van der Waals surface area contributed by atoms with Crippen molar-refractivity contribution in [1.29, 1.82) is 0 Å². The maximum absolute atomic E-state index is 3.59. The van der Waals surface area contributed by atoms with Gasteiger partial charge in [-0.3, -0.25) is 4.90 Å². The number of hydrogen-bond acceptors (Lipinski definition) is 2.